The maximum Gasteiger partial charge on any atom is 0.416 e. The maximum atomic E-state index is 13.4. The molecule has 0 bridgehead atoms. The Balaban J connectivity index is 1.24. The van der Waals surface area contributed by atoms with Crippen LogP contribution in [0.15, 0.2) is 18.2 Å². The minimum atomic E-state index is -4.35. The fourth-order valence-corrected chi connectivity index (χ4v) is 6.28. The van der Waals surface area contributed by atoms with Gasteiger partial charge in [-0.2, -0.15) is 18.3 Å². The Bertz CT molecular complexity index is 1210. The van der Waals surface area contributed by atoms with Crippen molar-refractivity contribution in [2.45, 2.75) is 83.7 Å². The Morgan fingerprint density at radius 1 is 1.05 bits per heavy atom. The Morgan fingerprint density at radius 2 is 1.74 bits per heavy atom. The number of morpholine rings is 1. The van der Waals surface area contributed by atoms with Crippen LogP contribution < -0.4 is 0 Å². The van der Waals surface area contributed by atoms with Gasteiger partial charge in [0.2, 0.25) is 5.91 Å². The Kier molecular flexibility index (Phi) is 7.28. The Labute approximate surface area is 220 Å². The third-order valence-electron chi connectivity index (χ3n) is 8.09. The molecule has 2 aromatic rings. The summed E-state index contributed by atoms with van der Waals surface area (Å²) in [5, 5.41) is 4.64. The first kappa shape index (κ1) is 26.7. The number of hydrogen-bond donors (Lipinski definition) is 0. The van der Waals surface area contributed by atoms with Gasteiger partial charge in [-0.15, -0.1) is 0 Å². The number of carbonyl (C=O) groups is 2. The number of rotatable bonds is 4. The average molecular weight is 533 g/mol. The molecule has 2 amide bonds. The number of alkyl halides is 3. The van der Waals surface area contributed by atoms with Gasteiger partial charge in [-0.3, -0.25) is 14.3 Å². The van der Waals surface area contributed by atoms with E-state index in [0.29, 0.717) is 50.3 Å². The summed E-state index contributed by atoms with van der Waals surface area (Å²) in [6.07, 6.45) is -0.489. The lowest BCUT2D eigenvalue weighted by atomic mass is 9.86. The summed E-state index contributed by atoms with van der Waals surface area (Å²) in [7, 11) is 0. The number of benzene rings is 1. The smallest absolute Gasteiger partial charge is 0.372 e. The van der Waals surface area contributed by atoms with E-state index < -0.39 is 11.7 Å². The molecule has 2 fully saturated rings. The van der Waals surface area contributed by atoms with Gasteiger partial charge in [-0.25, -0.2) is 0 Å². The van der Waals surface area contributed by atoms with Gasteiger partial charge in [-0.1, -0.05) is 6.07 Å². The van der Waals surface area contributed by atoms with E-state index in [4.69, 9.17) is 4.74 Å². The fraction of sp³-hybridized carbons (Fsp3) is 0.607. The summed E-state index contributed by atoms with van der Waals surface area (Å²) < 4.78 is 46.6. The molecule has 10 heteroatoms. The van der Waals surface area contributed by atoms with Crippen molar-refractivity contribution in [3.05, 3.63) is 51.8 Å². The Morgan fingerprint density at radius 3 is 2.37 bits per heavy atom. The van der Waals surface area contributed by atoms with Crippen molar-refractivity contribution >= 4 is 11.8 Å². The highest BCUT2D eigenvalue weighted by Crippen LogP contribution is 2.35. The second-order valence-electron chi connectivity index (χ2n) is 11.0. The molecule has 1 aromatic heterocycles. The van der Waals surface area contributed by atoms with Gasteiger partial charge in [-0.05, 0) is 82.1 Å². The topological polar surface area (TPSA) is 67.7 Å². The highest BCUT2D eigenvalue weighted by atomic mass is 19.4. The first-order valence-corrected chi connectivity index (χ1v) is 13.5. The van der Waals surface area contributed by atoms with Crippen LogP contribution in [0.1, 0.15) is 77.5 Å². The van der Waals surface area contributed by atoms with E-state index in [9.17, 15) is 22.8 Å². The number of likely N-dealkylation sites (tertiary alicyclic amines) is 1. The van der Waals surface area contributed by atoms with Crippen LogP contribution in [0.25, 0.3) is 0 Å². The van der Waals surface area contributed by atoms with Crippen molar-refractivity contribution in [1.29, 1.82) is 0 Å². The largest absolute Gasteiger partial charge is 0.416 e. The maximum absolute atomic E-state index is 13.4. The van der Waals surface area contributed by atoms with Crippen LogP contribution in [0, 0.1) is 6.92 Å². The lowest BCUT2D eigenvalue weighted by Crippen LogP contribution is -2.48. The van der Waals surface area contributed by atoms with Crippen molar-refractivity contribution in [2.24, 2.45) is 0 Å². The monoisotopic (exact) mass is 532 g/mol. The van der Waals surface area contributed by atoms with E-state index in [2.05, 4.69) is 5.10 Å². The van der Waals surface area contributed by atoms with Gasteiger partial charge in [0.05, 0.1) is 17.8 Å². The van der Waals surface area contributed by atoms with Crippen molar-refractivity contribution < 1.29 is 27.5 Å². The lowest BCUT2D eigenvalue weighted by molar-refractivity contribution is -0.137. The molecule has 1 aliphatic carbocycles. The number of halogens is 3. The van der Waals surface area contributed by atoms with Gasteiger partial charge in [0.1, 0.15) is 6.54 Å². The van der Waals surface area contributed by atoms with E-state index in [0.717, 1.165) is 42.1 Å². The van der Waals surface area contributed by atoms with Crippen molar-refractivity contribution in [3.63, 3.8) is 0 Å². The van der Waals surface area contributed by atoms with E-state index in [1.807, 2.05) is 18.7 Å². The number of ether oxygens (including phenoxy) is 1. The van der Waals surface area contributed by atoms with E-state index in [-0.39, 0.29) is 36.5 Å². The minimum Gasteiger partial charge on any atom is -0.372 e. The minimum absolute atomic E-state index is 0.0336. The normalized spacial score (nSPS) is 22.6. The third kappa shape index (κ3) is 5.32. The molecule has 0 N–H and O–H groups in total. The number of fused-ring (bicyclic) bond motifs is 1. The zero-order valence-corrected chi connectivity index (χ0v) is 22.2. The second kappa shape index (κ2) is 10.4. The van der Waals surface area contributed by atoms with Gasteiger partial charge < -0.3 is 14.5 Å². The average Bonchev–Trinajstić information content (AvgIpc) is 3.46. The third-order valence-corrected chi connectivity index (χ3v) is 8.09. The first-order valence-electron chi connectivity index (χ1n) is 13.5. The molecule has 206 valence electrons. The molecule has 38 heavy (non-hydrogen) atoms. The molecule has 3 aliphatic rings. The standard InChI is InChI=1S/C28H35F3N4O3/c1-17-13-21(28(29,30)31)7-8-22(17)20-9-11-33(12-10-20)25(36)16-35-24-6-4-5-23(24)26(32-35)27(37)34-14-18(2)38-19(3)15-34/h7-8,13,18-20H,4-6,9-12,14-16H2,1-3H3/t18-,19+. The Hall–Kier alpha value is -2.88. The summed E-state index contributed by atoms with van der Waals surface area (Å²) in [5.41, 5.74) is 3.33. The van der Waals surface area contributed by atoms with Crippen LogP contribution in [0.4, 0.5) is 13.2 Å². The molecule has 2 saturated heterocycles. The highest BCUT2D eigenvalue weighted by molar-refractivity contribution is 5.94. The quantitative estimate of drug-likeness (QED) is 0.587. The summed E-state index contributed by atoms with van der Waals surface area (Å²) in [6.45, 7) is 7.87. The van der Waals surface area contributed by atoms with Gasteiger partial charge >= 0.3 is 6.18 Å². The molecular weight excluding hydrogens is 497 g/mol. The number of piperidine rings is 1. The predicted octanol–water partition coefficient (Wildman–Crippen LogP) is 4.35. The lowest BCUT2D eigenvalue weighted by Gasteiger charge is -2.35. The van der Waals surface area contributed by atoms with Crippen LogP contribution in [0.2, 0.25) is 0 Å². The molecule has 3 heterocycles. The van der Waals surface area contributed by atoms with Crippen molar-refractivity contribution in [3.8, 4) is 0 Å². The van der Waals surface area contributed by atoms with Crippen LogP contribution >= 0.6 is 0 Å². The zero-order valence-electron chi connectivity index (χ0n) is 22.2. The number of aryl methyl sites for hydroxylation is 1. The predicted molar refractivity (Wildman–Crippen MR) is 135 cm³/mol. The van der Waals surface area contributed by atoms with Crippen LogP contribution in [0.5, 0.6) is 0 Å². The van der Waals surface area contributed by atoms with Crippen molar-refractivity contribution in [2.75, 3.05) is 26.2 Å². The zero-order chi connectivity index (χ0) is 27.2. The molecular formula is C28H35F3N4O3. The first-order chi connectivity index (χ1) is 18.0. The second-order valence-corrected chi connectivity index (χ2v) is 11.0. The molecule has 0 radical (unpaired) electrons. The number of nitrogens with zero attached hydrogens (tertiary/aromatic N) is 4. The molecule has 7 nitrogen and oxygen atoms in total. The van der Waals surface area contributed by atoms with E-state index in [1.54, 1.807) is 22.6 Å². The van der Waals surface area contributed by atoms with E-state index >= 15 is 0 Å². The number of hydrogen-bond acceptors (Lipinski definition) is 4. The van der Waals surface area contributed by atoms with Crippen molar-refractivity contribution in [1.82, 2.24) is 19.6 Å². The van der Waals surface area contributed by atoms with Gasteiger partial charge in [0.15, 0.2) is 5.69 Å². The molecule has 2 atom stereocenters. The molecule has 1 aromatic carbocycles. The molecule has 5 rings (SSSR count). The molecule has 0 unspecified atom stereocenters. The number of amides is 2. The fourth-order valence-electron chi connectivity index (χ4n) is 6.28. The summed E-state index contributed by atoms with van der Waals surface area (Å²) in [4.78, 5) is 30.2. The van der Waals surface area contributed by atoms with Crippen LogP contribution in [-0.2, 0) is 35.1 Å². The van der Waals surface area contributed by atoms with E-state index in [1.165, 1.54) is 6.07 Å². The van der Waals surface area contributed by atoms with Crippen LogP contribution in [-0.4, -0.2) is 69.8 Å². The van der Waals surface area contributed by atoms with Gasteiger partial charge in [0.25, 0.3) is 5.91 Å². The summed E-state index contributed by atoms with van der Waals surface area (Å²) >= 11 is 0. The van der Waals surface area contributed by atoms with Gasteiger partial charge in [0, 0.05) is 37.4 Å². The number of aromatic nitrogens is 2. The SMILES string of the molecule is Cc1cc(C(F)(F)F)ccc1C1CCN(C(=O)Cn2nc(C(=O)N3C[C@@H](C)O[C@@H](C)C3)c3c2CCC3)CC1. The molecule has 0 saturated carbocycles. The number of carbonyl (C=O) groups excluding carboxylic acids is 2. The molecule has 0 spiro atoms. The van der Waals surface area contributed by atoms with Crippen LogP contribution in [0.3, 0.4) is 0 Å². The summed E-state index contributed by atoms with van der Waals surface area (Å²) in [6, 6.07) is 3.94. The molecule has 2 aliphatic heterocycles. The summed E-state index contributed by atoms with van der Waals surface area (Å²) in [5.74, 6) is -0.0145. The highest BCUT2D eigenvalue weighted by Gasteiger charge is 2.34.